The van der Waals surface area contributed by atoms with Gasteiger partial charge < -0.3 is 15.2 Å². The van der Waals surface area contributed by atoms with E-state index in [0.717, 1.165) is 19.3 Å². The molecule has 1 amide bonds. The number of carbonyl (C=O) groups excluding carboxylic acids is 1. The van der Waals surface area contributed by atoms with Gasteiger partial charge in [0.15, 0.2) is 11.5 Å². The zero-order valence-electron chi connectivity index (χ0n) is 23.1. The zero-order valence-corrected chi connectivity index (χ0v) is 23.1. The first kappa shape index (κ1) is 31.3. The van der Waals surface area contributed by atoms with Crippen LogP contribution in [0.15, 0.2) is 18.2 Å². The lowest BCUT2D eigenvalue weighted by Gasteiger charge is -2.15. The molecular formula is C31H55NO3. The molecule has 1 aromatic rings. The van der Waals surface area contributed by atoms with Crippen molar-refractivity contribution in [2.24, 2.45) is 5.73 Å². The molecule has 0 aliphatic rings. The summed E-state index contributed by atoms with van der Waals surface area (Å²) in [6, 6.07) is 5.43. The van der Waals surface area contributed by atoms with Gasteiger partial charge in [0.1, 0.15) is 0 Å². The Morgan fingerprint density at radius 1 is 0.600 bits per heavy atom. The smallest absolute Gasteiger partial charge is 0.252 e. The van der Waals surface area contributed by atoms with Crippen molar-refractivity contribution in [1.29, 1.82) is 0 Å². The second-order valence-corrected chi connectivity index (χ2v) is 10.1. The second kappa shape index (κ2) is 22.7. The molecule has 0 saturated heterocycles. The van der Waals surface area contributed by atoms with Crippen LogP contribution in [0, 0.1) is 0 Å². The minimum absolute atomic E-state index is 0.414. The number of nitrogens with two attached hydrogens (primary N) is 1. The van der Waals surface area contributed by atoms with Crippen molar-refractivity contribution in [2.75, 3.05) is 13.2 Å². The second-order valence-electron chi connectivity index (χ2n) is 10.1. The number of unbranched alkanes of at least 4 members (excludes halogenated alkanes) is 18. The molecule has 4 heteroatoms. The van der Waals surface area contributed by atoms with E-state index in [4.69, 9.17) is 15.2 Å². The molecule has 0 fully saturated rings. The number of primary amides is 1. The normalized spacial score (nSPS) is 11.0. The van der Waals surface area contributed by atoms with Crippen LogP contribution in [-0.2, 0) is 0 Å². The molecule has 1 rings (SSSR count). The van der Waals surface area contributed by atoms with E-state index in [1.807, 2.05) is 12.1 Å². The fourth-order valence-corrected chi connectivity index (χ4v) is 4.51. The highest BCUT2D eigenvalue weighted by molar-refractivity contribution is 5.96. The van der Waals surface area contributed by atoms with E-state index in [1.165, 1.54) is 109 Å². The highest BCUT2D eigenvalue weighted by atomic mass is 16.5. The lowest BCUT2D eigenvalue weighted by molar-refractivity contribution is 0.0995. The molecule has 35 heavy (non-hydrogen) atoms. The maximum atomic E-state index is 11.9. The average molecular weight is 490 g/mol. The van der Waals surface area contributed by atoms with Crippen molar-refractivity contribution >= 4 is 5.91 Å². The summed E-state index contributed by atoms with van der Waals surface area (Å²) in [5.74, 6) is 0.694. The quantitative estimate of drug-likeness (QED) is 0.139. The van der Waals surface area contributed by atoms with Gasteiger partial charge in [0.05, 0.1) is 18.8 Å². The van der Waals surface area contributed by atoms with Gasteiger partial charge >= 0.3 is 0 Å². The number of carbonyl (C=O) groups is 1. The fraction of sp³-hybridized carbons (Fsp3) is 0.774. The topological polar surface area (TPSA) is 61.5 Å². The van der Waals surface area contributed by atoms with Crippen molar-refractivity contribution in [2.45, 2.75) is 142 Å². The van der Waals surface area contributed by atoms with E-state index < -0.39 is 5.91 Å². The molecular weight excluding hydrogens is 434 g/mol. The summed E-state index contributed by atoms with van der Waals surface area (Å²) in [5.41, 5.74) is 6.01. The molecule has 0 atom stereocenters. The standard InChI is InChI=1S/C31H55NO3/c1-3-5-7-9-11-13-15-17-19-21-26-34-29-25-23-24-28(31(32)33)30(29)35-27-22-20-18-16-14-12-10-8-6-4-2/h23-25H,3-22,26-27H2,1-2H3,(H2,32,33). The van der Waals surface area contributed by atoms with E-state index >= 15 is 0 Å². The average Bonchev–Trinajstić information content (AvgIpc) is 2.86. The molecule has 202 valence electrons. The van der Waals surface area contributed by atoms with Crippen LogP contribution in [0.5, 0.6) is 11.5 Å². The Hall–Kier alpha value is -1.71. The van der Waals surface area contributed by atoms with Crippen LogP contribution < -0.4 is 15.2 Å². The van der Waals surface area contributed by atoms with Crippen molar-refractivity contribution in [3.63, 3.8) is 0 Å². The summed E-state index contributed by atoms with van der Waals surface area (Å²) >= 11 is 0. The number of rotatable bonds is 25. The lowest BCUT2D eigenvalue weighted by Crippen LogP contribution is -2.14. The Labute approximate surface area is 216 Å². The Bertz CT molecular complexity index is 632. The third-order valence-electron chi connectivity index (χ3n) is 6.74. The molecule has 0 bridgehead atoms. The van der Waals surface area contributed by atoms with Crippen LogP contribution in [0.25, 0.3) is 0 Å². The van der Waals surface area contributed by atoms with Crippen molar-refractivity contribution in [3.8, 4) is 11.5 Å². The SMILES string of the molecule is CCCCCCCCCCCCOc1cccc(C(N)=O)c1OCCCCCCCCCCCC. The van der Waals surface area contributed by atoms with Gasteiger partial charge in [-0.3, -0.25) is 4.79 Å². The van der Waals surface area contributed by atoms with Crippen LogP contribution >= 0.6 is 0 Å². The predicted molar refractivity (Wildman–Crippen MR) is 150 cm³/mol. The lowest BCUT2D eigenvalue weighted by atomic mass is 10.1. The molecule has 0 aromatic heterocycles. The number of benzene rings is 1. The van der Waals surface area contributed by atoms with Crippen LogP contribution in [0.3, 0.4) is 0 Å². The van der Waals surface area contributed by atoms with E-state index in [9.17, 15) is 4.79 Å². The van der Waals surface area contributed by atoms with Gasteiger partial charge in [-0.15, -0.1) is 0 Å². The van der Waals surface area contributed by atoms with Crippen LogP contribution in [0.1, 0.15) is 153 Å². The molecule has 0 spiro atoms. The molecule has 0 unspecified atom stereocenters. The minimum atomic E-state index is -0.465. The summed E-state index contributed by atoms with van der Waals surface area (Å²) in [6.45, 7) is 5.76. The Balaban J connectivity index is 2.24. The third kappa shape index (κ3) is 16.6. The van der Waals surface area contributed by atoms with Gasteiger partial charge in [-0.25, -0.2) is 0 Å². The molecule has 0 aliphatic heterocycles. The Morgan fingerprint density at radius 2 is 1.00 bits per heavy atom. The number of amides is 1. The number of hydrogen-bond donors (Lipinski definition) is 1. The molecule has 0 saturated carbocycles. The largest absolute Gasteiger partial charge is 0.490 e. The maximum absolute atomic E-state index is 11.9. The first-order valence-electron chi connectivity index (χ1n) is 14.9. The van der Waals surface area contributed by atoms with Gasteiger partial charge in [0.25, 0.3) is 5.91 Å². The molecule has 0 radical (unpaired) electrons. The highest BCUT2D eigenvalue weighted by Crippen LogP contribution is 2.31. The van der Waals surface area contributed by atoms with E-state index in [0.29, 0.717) is 30.3 Å². The summed E-state index contributed by atoms with van der Waals surface area (Å²) in [7, 11) is 0. The van der Waals surface area contributed by atoms with Gasteiger partial charge in [-0.1, -0.05) is 135 Å². The molecule has 2 N–H and O–H groups in total. The van der Waals surface area contributed by atoms with Crippen LogP contribution in [-0.4, -0.2) is 19.1 Å². The highest BCUT2D eigenvalue weighted by Gasteiger charge is 2.15. The van der Waals surface area contributed by atoms with Crippen molar-refractivity contribution < 1.29 is 14.3 Å². The zero-order chi connectivity index (χ0) is 25.4. The van der Waals surface area contributed by atoms with Crippen LogP contribution in [0.2, 0.25) is 0 Å². The van der Waals surface area contributed by atoms with E-state index in [1.54, 1.807) is 6.07 Å². The fourth-order valence-electron chi connectivity index (χ4n) is 4.51. The van der Waals surface area contributed by atoms with Crippen molar-refractivity contribution in [3.05, 3.63) is 23.8 Å². The third-order valence-corrected chi connectivity index (χ3v) is 6.74. The summed E-state index contributed by atoms with van der Waals surface area (Å²) < 4.78 is 12.0. The first-order valence-corrected chi connectivity index (χ1v) is 14.9. The van der Waals surface area contributed by atoms with E-state index in [-0.39, 0.29) is 0 Å². The number of para-hydroxylation sites is 1. The number of hydrogen-bond acceptors (Lipinski definition) is 3. The molecule has 1 aromatic carbocycles. The molecule has 0 aliphatic carbocycles. The van der Waals surface area contributed by atoms with Crippen molar-refractivity contribution in [1.82, 2.24) is 0 Å². The van der Waals surface area contributed by atoms with Crippen LogP contribution in [0.4, 0.5) is 0 Å². The monoisotopic (exact) mass is 489 g/mol. The molecule has 0 heterocycles. The first-order chi connectivity index (χ1) is 17.2. The van der Waals surface area contributed by atoms with Gasteiger partial charge in [0.2, 0.25) is 0 Å². The minimum Gasteiger partial charge on any atom is -0.490 e. The van der Waals surface area contributed by atoms with E-state index in [2.05, 4.69) is 13.8 Å². The summed E-state index contributed by atoms with van der Waals surface area (Å²) in [5, 5.41) is 0. The molecule has 4 nitrogen and oxygen atoms in total. The Kier molecular flexibility index (Phi) is 20.3. The van der Waals surface area contributed by atoms with Gasteiger partial charge in [0, 0.05) is 0 Å². The van der Waals surface area contributed by atoms with Gasteiger partial charge in [-0.05, 0) is 25.0 Å². The van der Waals surface area contributed by atoms with Gasteiger partial charge in [-0.2, -0.15) is 0 Å². The predicted octanol–water partition coefficient (Wildman–Crippen LogP) is 9.38. The summed E-state index contributed by atoms with van der Waals surface area (Å²) in [6.07, 6.45) is 25.8. The number of ether oxygens (including phenoxy) is 2. The Morgan fingerprint density at radius 3 is 1.43 bits per heavy atom. The maximum Gasteiger partial charge on any atom is 0.252 e. The summed E-state index contributed by atoms with van der Waals surface area (Å²) in [4.78, 5) is 11.9.